The number of hydrogen-bond donors (Lipinski definition) is 1. The van der Waals surface area contributed by atoms with Gasteiger partial charge in [-0.2, -0.15) is 0 Å². The summed E-state index contributed by atoms with van der Waals surface area (Å²) in [5, 5.41) is 0.612. The molecule has 2 aromatic rings. The smallest absolute Gasteiger partial charge is 0.163 e. The molecule has 4 nitrogen and oxygen atoms in total. The summed E-state index contributed by atoms with van der Waals surface area (Å²) in [6, 6.07) is 7.12. The van der Waals surface area contributed by atoms with Gasteiger partial charge in [0.2, 0.25) is 0 Å². The Hall–Kier alpha value is -1.65. The highest BCUT2D eigenvalue weighted by molar-refractivity contribution is 6.30. The number of halogens is 1. The number of methoxy groups -OCH3 is 1. The largest absolute Gasteiger partial charge is 0.496 e. The van der Waals surface area contributed by atoms with Gasteiger partial charge in [0.25, 0.3) is 0 Å². The van der Waals surface area contributed by atoms with Gasteiger partial charge in [0, 0.05) is 17.8 Å². The molecule has 2 rings (SSSR count). The van der Waals surface area contributed by atoms with Crippen molar-refractivity contribution in [3.05, 3.63) is 41.2 Å². The molecule has 2 N–H and O–H groups in total. The Morgan fingerprint density at radius 2 is 2.18 bits per heavy atom. The highest BCUT2D eigenvalue weighted by Gasteiger charge is 2.09. The molecule has 0 bridgehead atoms. The average molecular weight is 250 g/mol. The Kier molecular flexibility index (Phi) is 3.56. The first-order chi connectivity index (χ1) is 8.24. The lowest BCUT2D eigenvalue weighted by atomic mass is 10.2. The van der Waals surface area contributed by atoms with Crippen LogP contribution in [0.3, 0.4) is 0 Å². The zero-order valence-electron chi connectivity index (χ0n) is 9.35. The molecule has 0 unspecified atom stereocenters. The highest BCUT2D eigenvalue weighted by atomic mass is 35.5. The molecule has 0 saturated heterocycles. The SMILES string of the molecule is COc1cc(Cl)ccc1-c1nccc(CN)n1. The molecule has 0 fully saturated rings. The van der Waals surface area contributed by atoms with Gasteiger partial charge < -0.3 is 10.5 Å². The Morgan fingerprint density at radius 1 is 1.35 bits per heavy atom. The van der Waals surface area contributed by atoms with Crippen LogP contribution >= 0.6 is 11.6 Å². The fourth-order valence-corrected chi connectivity index (χ4v) is 1.65. The van der Waals surface area contributed by atoms with E-state index in [0.717, 1.165) is 11.3 Å². The molecule has 0 radical (unpaired) electrons. The van der Waals surface area contributed by atoms with Crippen molar-refractivity contribution in [1.29, 1.82) is 0 Å². The topological polar surface area (TPSA) is 61.0 Å². The quantitative estimate of drug-likeness (QED) is 0.907. The number of nitrogens with two attached hydrogens (primary N) is 1. The van der Waals surface area contributed by atoms with Crippen molar-refractivity contribution in [2.45, 2.75) is 6.54 Å². The van der Waals surface area contributed by atoms with Gasteiger partial charge in [-0.3, -0.25) is 0 Å². The molecule has 0 amide bonds. The minimum atomic E-state index is 0.380. The Morgan fingerprint density at radius 3 is 2.88 bits per heavy atom. The van der Waals surface area contributed by atoms with Crippen LogP contribution in [0.2, 0.25) is 5.02 Å². The van der Waals surface area contributed by atoms with E-state index in [0.29, 0.717) is 23.1 Å². The molecule has 0 aliphatic rings. The lowest BCUT2D eigenvalue weighted by Gasteiger charge is -2.08. The van der Waals surface area contributed by atoms with E-state index >= 15 is 0 Å². The Balaban J connectivity index is 2.51. The van der Waals surface area contributed by atoms with E-state index < -0.39 is 0 Å². The summed E-state index contributed by atoms with van der Waals surface area (Å²) < 4.78 is 5.26. The van der Waals surface area contributed by atoms with E-state index in [1.54, 1.807) is 31.5 Å². The van der Waals surface area contributed by atoms with Crippen LogP contribution in [-0.4, -0.2) is 17.1 Å². The molecular formula is C12H12ClN3O. The van der Waals surface area contributed by atoms with E-state index in [4.69, 9.17) is 22.1 Å². The fourth-order valence-electron chi connectivity index (χ4n) is 1.49. The molecule has 0 spiro atoms. The van der Waals surface area contributed by atoms with E-state index in [2.05, 4.69) is 9.97 Å². The van der Waals surface area contributed by atoms with E-state index in [1.807, 2.05) is 6.07 Å². The predicted octanol–water partition coefficient (Wildman–Crippen LogP) is 2.26. The zero-order chi connectivity index (χ0) is 12.3. The third-order valence-corrected chi connectivity index (χ3v) is 2.56. The van der Waals surface area contributed by atoms with Crippen molar-refractivity contribution in [3.63, 3.8) is 0 Å². The highest BCUT2D eigenvalue weighted by Crippen LogP contribution is 2.29. The van der Waals surface area contributed by atoms with Gasteiger partial charge in [0.1, 0.15) is 5.75 Å². The monoisotopic (exact) mass is 249 g/mol. The average Bonchev–Trinajstić information content (AvgIpc) is 2.38. The van der Waals surface area contributed by atoms with Crippen LogP contribution in [0.5, 0.6) is 5.75 Å². The minimum Gasteiger partial charge on any atom is -0.496 e. The minimum absolute atomic E-state index is 0.380. The van der Waals surface area contributed by atoms with Crippen LogP contribution < -0.4 is 10.5 Å². The molecule has 0 aliphatic heterocycles. The summed E-state index contributed by atoms with van der Waals surface area (Å²) in [6.45, 7) is 0.380. The molecule has 88 valence electrons. The molecule has 0 aliphatic carbocycles. The van der Waals surface area contributed by atoms with Gasteiger partial charge in [0.15, 0.2) is 5.82 Å². The first-order valence-electron chi connectivity index (χ1n) is 5.10. The molecule has 1 heterocycles. The van der Waals surface area contributed by atoms with Crippen LogP contribution in [0.1, 0.15) is 5.69 Å². The van der Waals surface area contributed by atoms with Gasteiger partial charge >= 0.3 is 0 Å². The van der Waals surface area contributed by atoms with Gasteiger partial charge in [-0.25, -0.2) is 9.97 Å². The number of rotatable bonds is 3. The van der Waals surface area contributed by atoms with Crippen LogP contribution in [0.25, 0.3) is 11.4 Å². The predicted molar refractivity (Wildman–Crippen MR) is 66.9 cm³/mol. The number of aromatic nitrogens is 2. The van der Waals surface area contributed by atoms with Crippen LogP contribution in [0.4, 0.5) is 0 Å². The maximum Gasteiger partial charge on any atom is 0.163 e. The summed E-state index contributed by atoms with van der Waals surface area (Å²) in [5.41, 5.74) is 7.13. The summed E-state index contributed by atoms with van der Waals surface area (Å²) in [5.74, 6) is 1.23. The number of ether oxygens (including phenoxy) is 1. The summed E-state index contributed by atoms with van der Waals surface area (Å²) in [7, 11) is 1.59. The van der Waals surface area contributed by atoms with Crippen LogP contribution in [-0.2, 0) is 6.54 Å². The lowest BCUT2D eigenvalue weighted by Crippen LogP contribution is -2.02. The third kappa shape index (κ3) is 2.54. The van der Waals surface area contributed by atoms with Gasteiger partial charge in [-0.05, 0) is 24.3 Å². The van der Waals surface area contributed by atoms with E-state index in [1.165, 1.54) is 0 Å². The zero-order valence-corrected chi connectivity index (χ0v) is 10.1. The molecular weight excluding hydrogens is 238 g/mol. The van der Waals surface area contributed by atoms with Crippen molar-refractivity contribution < 1.29 is 4.74 Å². The second kappa shape index (κ2) is 5.12. The maximum atomic E-state index is 5.90. The standard InChI is InChI=1S/C12H12ClN3O/c1-17-11-6-8(13)2-3-10(11)12-15-5-4-9(7-14)16-12/h2-6H,7,14H2,1H3. The molecule has 1 aromatic carbocycles. The first-order valence-corrected chi connectivity index (χ1v) is 5.48. The Bertz CT molecular complexity index is 531. The fraction of sp³-hybridized carbons (Fsp3) is 0.167. The van der Waals surface area contributed by atoms with Gasteiger partial charge in [-0.15, -0.1) is 0 Å². The first kappa shape index (κ1) is 11.8. The molecule has 0 saturated carbocycles. The molecule has 17 heavy (non-hydrogen) atoms. The van der Waals surface area contributed by atoms with Gasteiger partial charge in [-0.1, -0.05) is 11.6 Å². The lowest BCUT2D eigenvalue weighted by molar-refractivity contribution is 0.416. The van der Waals surface area contributed by atoms with Crippen molar-refractivity contribution in [3.8, 4) is 17.1 Å². The molecule has 1 aromatic heterocycles. The van der Waals surface area contributed by atoms with Gasteiger partial charge in [0.05, 0.1) is 18.4 Å². The van der Waals surface area contributed by atoms with Crippen molar-refractivity contribution >= 4 is 11.6 Å². The Labute approximate surface area is 104 Å². The second-order valence-electron chi connectivity index (χ2n) is 3.42. The van der Waals surface area contributed by atoms with Crippen LogP contribution in [0, 0.1) is 0 Å². The van der Waals surface area contributed by atoms with Crippen molar-refractivity contribution in [1.82, 2.24) is 9.97 Å². The molecule has 5 heteroatoms. The van der Waals surface area contributed by atoms with E-state index in [-0.39, 0.29) is 0 Å². The van der Waals surface area contributed by atoms with Crippen molar-refractivity contribution in [2.75, 3.05) is 7.11 Å². The van der Waals surface area contributed by atoms with E-state index in [9.17, 15) is 0 Å². The normalized spacial score (nSPS) is 10.3. The summed E-state index contributed by atoms with van der Waals surface area (Å²) >= 11 is 5.90. The second-order valence-corrected chi connectivity index (χ2v) is 3.86. The number of hydrogen-bond acceptors (Lipinski definition) is 4. The van der Waals surface area contributed by atoms with Crippen molar-refractivity contribution in [2.24, 2.45) is 5.73 Å². The number of benzene rings is 1. The maximum absolute atomic E-state index is 5.90. The molecule has 0 atom stereocenters. The summed E-state index contributed by atoms with van der Waals surface area (Å²) in [4.78, 5) is 8.55. The van der Waals surface area contributed by atoms with Crippen LogP contribution in [0.15, 0.2) is 30.5 Å². The summed E-state index contributed by atoms with van der Waals surface area (Å²) in [6.07, 6.45) is 1.68. The number of nitrogens with zero attached hydrogens (tertiary/aromatic N) is 2. The third-order valence-electron chi connectivity index (χ3n) is 2.33.